The first-order valence-electron chi connectivity index (χ1n) is 7.22. The number of hydrogen-bond donors (Lipinski definition) is 1. The maximum absolute atomic E-state index is 12.2. The molecule has 0 aromatic carbocycles. The van der Waals surface area contributed by atoms with Gasteiger partial charge in [-0.3, -0.25) is 24.5 Å². The lowest BCUT2D eigenvalue weighted by molar-refractivity contribution is -0.175. The third-order valence-corrected chi connectivity index (χ3v) is 4.87. The molecular formula is C15H17NO6. The van der Waals surface area contributed by atoms with Gasteiger partial charge in [0.2, 0.25) is 11.8 Å². The van der Waals surface area contributed by atoms with Gasteiger partial charge in [0.25, 0.3) is 0 Å². The summed E-state index contributed by atoms with van der Waals surface area (Å²) in [6, 6.07) is 0. The van der Waals surface area contributed by atoms with Crippen molar-refractivity contribution in [3.63, 3.8) is 0 Å². The van der Waals surface area contributed by atoms with E-state index in [1.807, 2.05) is 0 Å². The lowest BCUT2D eigenvalue weighted by atomic mass is 9.56. The van der Waals surface area contributed by atoms with Crippen LogP contribution in [0.15, 0.2) is 11.3 Å². The zero-order chi connectivity index (χ0) is 16.2. The molecule has 22 heavy (non-hydrogen) atoms. The van der Waals surface area contributed by atoms with Crippen LogP contribution in [0.4, 0.5) is 0 Å². The zero-order valence-electron chi connectivity index (χ0n) is 12.6. The number of carbonyl (C=O) groups is 4. The van der Waals surface area contributed by atoms with Gasteiger partial charge in [-0.2, -0.15) is 0 Å². The monoisotopic (exact) mass is 307 g/mol. The number of imide groups is 1. The first-order valence-corrected chi connectivity index (χ1v) is 7.22. The van der Waals surface area contributed by atoms with E-state index in [4.69, 9.17) is 9.47 Å². The number of carbonyl (C=O) groups excluding carboxylic acids is 4. The summed E-state index contributed by atoms with van der Waals surface area (Å²) < 4.78 is 10.8. The van der Waals surface area contributed by atoms with Gasteiger partial charge in [0, 0.05) is 25.3 Å². The largest absolute Gasteiger partial charge is 0.454 e. The molecule has 1 aliphatic heterocycles. The average Bonchev–Trinajstić information content (AvgIpc) is 2.71. The van der Waals surface area contributed by atoms with Crippen LogP contribution in [0.2, 0.25) is 0 Å². The van der Waals surface area contributed by atoms with Gasteiger partial charge in [0.05, 0.1) is 11.8 Å². The van der Waals surface area contributed by atoms with E-state index in [9.17, 15) is 19.2 Å². The topological polar surface area (TPSA) is 98.8 Å². The summed E-state index contributed by atoms with van der Waals surface area (Å²) >= 11 is 0. The highest BCUT2D eigenvalue weighted by Crippen LogP contribution is 2.57. The second kappa shape index (κ2) is 4.66. The van der Waals surface area contributed by atoms with Crippen molar-refractivity contribution in [3.8, 4) is 0 Å². The summed E-state index contributed by atoms with van der Waals surface area (Å²) in [6.45, 7) is 4.23. The first-order chi connectivity index (χ1) is 10.3. The van der Waals surface area contributed by atoms with E-state index in [0.29, 0.717) is 24.2 Å². The molecule has 2 fully saturated rings. The number of fused-ring (bicyclic) bond motifs is 1. The molecule has 0 aromatic heterocycles. The van der Waals surface area contributed by atoms with Crippen LogP contribution in [0.3, 0.4) is 0 Å². The molecule has 7 heteroatoms. The van der Waals surface area contributed by atoms with E-state index in [0.717, 1.165) is 0 Å². The third-order valence-electron chi connectivity index (χ3n) is 4.87. The standard InChI is InChI=1S/C15H17NO6/c1-6-12(21-7(2)17)9-4-5-15(6,22-8(3)18)11-10(9)13(19)16-14(11)20/h9-11H,4-5H2,1-3H3,(H,16,19,20)/t9-,10-,11-,15-/m1/s1. The van der Waals surface area contributed by atoms with Gasteiger partial charge in [-0.05, 0) is 19.8 Å². The molecule has 0 aromatic rings. The van der Waals surface area contributed by atoms with Crippen molar-refractivity contribution in [1.82, 2.24) is 5.32 Å². The predicted molar refractivity (Wildman–Crippen MR) is 71.8 cm³/mol. The van der Waals surface area contributed by atoms with Crippen molar-refractivity contribution in [3.05, 3.63) is 11.3 Å². The fourth-order valence-electron chi connectivity index (χ4n) is 4.17. The summed E-state index contributed by atoms with van der Waals surface area (Å²) in [4.78, 5) is 47.3. The SMILES string of the molecule is CC(=O)OC1=C(C)[C@]2(OC(C)=O)CC[C@@H]1[C@H]1C(=O)NC(=O)[C@@H]12. The average molecular weight is 307 g/mol. The number of ether oxygens (including phenoxy) is 2. The van der Waals surface area contributed by atoms with Gasteiger partial charge in [-0.15, -0.1) is 0 Å². The van der Waals surface area contributed by atoms with Crippen LogP contribution in [0.1, 0.15) is 33.6 Å². The Labute approximate surface area is 127 Å². The minimum absolute atomic E-state index is 0.335. The second-order valence-electron chi connectivity index (χ2n) is 6.07. The van der Waals surface area contributed by atoms with E-state index in [2.05, 4.69) is 5.32 Å². The summed E-state index contributed by atoms with van der Waals surface area (Å²) in [5.41, 5.74) is -0.646. The predicted octanol–water partition coefficient (Wildman–Crippen LogP) is 0.438. The maximum Gasteiger partial charge on any atom is 0.307 e. The number of hydrogen-bond acceptors (Lipinski definition) is 6. The molecular weight excluding hydrogens is 290 g/mol. The minimum Gasteiger partial charge on any atom is -0.454 e. The molecule has 1 saturated heterocycles. The Bertz CT molecular complexity index is 636. The minimum atomic E-state index is -1.20. The molecule has 1 heterocycles. The van der Waals surface area contributed by atoms with Gasteiger partial charge >= 0.3 is 11.9 Å². The van der Waals surface area contributed by atoms with Crippen LogP contribution in [0.25, 0.3) is 0 Å². The molecule has 0 spiro atoms. The fraction of sp³-hybridized carbons (Fsp3) is 0.600. The van der Waals surface area contributed by atoms with Gasteiger partial charge in [0.15, 0.2) is 0 Å². The Balaban J connectivity index is 2.17. The highest BCUT2D eigenvalue weighted by molar-refractivity contribution is 6.07. The molecule has 4 atom stereocenters. The molecule has 4 aliphatic rings. The van der Waals surface area contributed by atoms with Crippen molar-refractivity contribution < 1.29 is 28.7 Å². The molecule has 3 aliphatic carbocycles. The van der Waals surface area contributed by atoms with Crippen molar-refractivity contribution in [2.24, 2.45) is 17.8 Å². The van der Waals surface area contributed by atoms with E-state index in [1.54, 1.807) is 6.92 Å². The Morgan fingerprint density at radius 3 is 2.45 bits per heavy atom. The first kappa shape index (κ1) is 14.7. The van der Waals surface area contributed by atoms with E-state index < -0.39 is 41.2 Å². The third kappa shape index (κ3) is 1.81. The van der Waals surface area contributed by atoms with E-state index >= 15 is 0 Å². The summed E-state index contributed by atoms with van der Waals surface area (Å²) in [5, 5.41) is 2.32. The van der Waals surface area contributed by atoms with Crippen molar-refractivity contribution >= 4 is 23.8 Å². The van der Waals surface area contributed by atoms with Crippen LogP contribution in [0, 0.1) is 17.8 Å². The Morgan fingerprint density at radius 2 is 1.86 bits per heavy atom. The lowest BCUT2D eigenvalue weighted by Crippen LogP contribution is -2.58. The molecule has 7 nitrogen and oxygen atoms in total. The van der Waals surface area contributed by atoms with Crippen LogP contribution in [-0.4, -0.2) is 29.4 Å². The van der Waals surface area contributed by atoms with Gasteiger partial charge in [-0.25, -0.2) is 0 Å². The van der Waals surface area contributed by atoms with Crippen molar-refractivity contribution in [2.45, 2.75) is 39.2 Å². The zero-order valence-corrected chi connectivity index (χ0v) is 12.6. The Kier molecular flexibility index (Phi) is 3.12. The van der Waals surface area contributed by atoms with Gasteiger partial charge < -0.3 is 9.47 Å². The molecule has 1 saturated carbocycles. The molecule has 1 N–H and O–H groups in total. The Morgan fingerprint density at radius 1 is 1.18 bits per heavy atom. The molecule has 2 amide bonds. The second-order valence-corrected chi connectivity index (χ2v) is 6.07. The summed E-state index contributed by atoms with van der Waals surface area (Å²) in [6.07, 6.45) is 0.963. The number of allylic oxidation sites excluding steroid dienone is 1. The summed E-state index contributed by atoms with van der Waals surface area (Å²) in [7, 11) is 0. The normalized spacial score (nSPS) is 36.0. The van der Waals surface area contributed by atoms with Crippen LogP contribution in [0.5, 0.6) is 0 Å². The van der Waals surface area contributed by atoms with E-state index in [-0.39, 0.29) is 5.92 Å². The number of rotatable bonds is 2. The molecule has 4 rings (SSSR count). The fourth-order valence-corrected chi connectivity index (χ4v) is 4.17. The van der Waals surface area contributed by atoms with Gasteiger partial charge in [-0.1, -0.05) is 0 Å². The maximum atomic E-state index is 12.2. The molecule has 0 unspecified atom stereocenters. The number of esters is 2. The highest BCUT2D eigenvalue weighted by Gasteiger charge is 2.67. The molecule has 0 radical (unpaired) electrons. The smallest absolute Gasteiger partial charge is 0.307 e. The van der Waals surface area contributed by atoms with Crippen LogP contribution >= 0.6 is 0 Å². The van der Waals surface area contributed by atoms with E-state index in [1.165, 1.54) is 13.8 Å². The molecule has 2 bridgehead atoms. The summed E-state index contributed by atoms with van der Waals surface area (Å²) in [5.74, 6) is -3.23. The quantitative estimate of drug-likeness (QED) is 0.587. The number of amides is 2. The Hall–Kier alpha value is -2.18. The number of nitrogens with one attached hydrogen (secondary N) is 1. The van der Waals surface area contributed by atoms with Crippen molar-refractivity contribution in [1.29, 1.82) is 0 Å². The van der Waals surface area contributed by atoms with Crippen molar-refractivity contribution in [2.75, 3.05) is 0 Å². The molecule has 118 valence electrons. The highest BCUT2D eigenvalue weighted by atomic mass is 16.6. The lowest BCUT2D eigenvalue weighted by Gasteiger charge is -2.51. The van der Waals surface area contributed by atoms with Crippen LogP contribution < -0.4 is 5.32 Å². The van der Waals surface area contributed by atoms with Gasteiger partial charge in [0.1, 0.15) is 11.4 Å². The van der Waals surface area contributed by atoms with Crippen LogP contribution in [-0.2, 0) is 28.7 Å².